The number of benzene rings is 2. The maximum absolute atomic E-state index is 13.1. The van der Waals surface area contributed by atoms with Crippen LogP contribution in [0.4, 0.5) is 13.2 Å². The number of halogens is 5. The van der Waals surface area contributed by atoms with E-state index in [-0.39, 0.29) is 16.1 Å². The van der Waals surface area contributed by atoms with Crippen LogP contribution in [0.2, 0.25) is 10.0 Å². The Kier molecular flexibility index (Phi) is 5.41. The van der Waals surface area contributed by atoms with E-state index >= 15 is 0 Å². The van der Waals surface area contributed by atoms with Crippen LogP contribution in [-0.2, 0) is 20.2 Å². The van der Waals surface area contributed by atoms with E-state index in [1.165, 1.54) is 36.4 Å². The molecule has 0 bridgehead atoms. The van der Waals surface area contributed by atoms with Gasteiger partial charge in [0.15, 0.2) is 11.7 Å². The van der Waals surface area contributed by atoms with Gasteiger partial charge >= 0.3 is 25.7 Å². The van der Waals surface area contributed by atoms with Crippen LogP contribution in [0, 0.1) is 0 Å². The van der Waals surface area contributed by atoms with Gasteiger partial charge in [-0.2, -0.15) is 30.0 Å². The quantitative estimate of drug-likeness (QED) is 0.663. The number of sulfonamides is 1. The fourth-order valence-corrected chi connectivity index (χ4v) is 5.20. The second kappa shape index (κ2) is 7.27. The molecule has 1 aliphatic rings. The molecular formula is C15H8Cl2F3N3O4S2. The second-order valence-electron chi connectivity index (χ2n) is 5.49. The summed E-state index contributed by atoms with van der Waals surface area (Å²) < 4.78 is 90.7. The van der Waals surface area contributed by atoms with Crippen molar-refractivity contribution in [3.8, 4) is 0 Å². The maximum atomic E-state index is 13.1. The molecule has 0 aliphatic carbocycles. The van der Waals surface area contributed by atoms with Crippen molar-refractivity contribution in [2.75, 3.05) is 0 Å². The maximum Gasteiger partial charge on any atom is 0.517 e. The number of amidine groups is 2. The van der Waals surface area contributed by atoms with E-state index in [0.29, 0.717) is 5.02 Å². The SMILES string of the molecule is O=S1(=O)N=C(c2ccc(Cl)cc2)N=C(c2ccc(Cl)cc2)N1S(=O)(=O)C(F)(F)F. The highest BCUT2D eigenvalue weighted by Gasteiger charge is 2.56. The van der Waals surface area contributed by atoms with Crippen molar-refractivity contribution in [2.45, 2.75) is 5.51 Å². The predicted molar refractivity (Wildman–Crippen MR) is 102 cm³/mol. The van der Waals surface area contributed by atoms with Gasteiger partial charge < -0.3 is 0 Å². The molecule has 0 unspecified atom stereocenters. The number of nitrogens with zero attached hydrogens (tertiary/aromatic N) is 3. The molecule has 3 rings (SSSR count). The molecule has 29 heavy (non-hydrogen) atoms. The van der Waals surface area contributed by atoms with Crippen molar-refractivity contribution in [3.63, 3.8) is 0 Å². The lowest BCUT2D eigenvalue weighted by atomic mass is 10.2. The lowest BCUT2D eigenvalue weighted by molar-refractivity contribution is -0.0459. The van der Waals surface area contributed by atoms with Crippen LogP contribution in [0.15, 0.2) is 57.9 Å². The standard InChI is InChI=1S/C15H8Cl2F3N3O4S2/c16-11-5-1-9(2-6-11)13-21-14(10-3-7-12(17)8-4-10)23(29(26,27)22-13)28(24,25)15(18,19)20/h1-8H. The Morgan fingerprint density at radius 1 is 0.862 bits per heavy atom. The molecule has 0 N–H and O–H groups in total. The molecule has 0 aromatic heterocycles. The Balaban J connectivity index is 2.29. The van der Waals surface area contributed by atoms with Crippen molar-refractivity contribution in [1.82, 2.24) is 3.71 Å². The molecule has 1 heterocycles. The third kappa shape index (κ3) is 4.10. The molecule has 0 amide bonds. The summed E-state index contributed by atoms with van der Waals surface area (Å²) in [6.45, 7) is 0. The first-order valence-corrected chi connectivity index (χ1v) is 11.0. The Labute approximate surface area is 173 Å². The lowest BCUT2D eigenvalue weighted by Crippen LogP contribution is -2.49. The molecule has 0 fully saturated rings. The minimum atomic E-state index is -6.37. The van der Waals surface area contributed by atoms with Gasteiger partial charge in [0.2, 0.25) is 0 Å². The van der Waals surface area contributed by atoms with Gasteiger partial charge in [-0.1, -0.05) is 23.2 Å². The highest BCUT2D eigenvalue weighted by Crippen LogP contribution is 2.33. The van der Waals surface area contributed by atoms with Gasteiger partial charge in [-0.05, 0) is 48.5 Å². The van der Waals surface area contributed by atoms with Gasteiger partial charge in [0.25, 0.3) is 0 Å². The van der Waals surface area contributed by atoms with E-state index in [9.17, 15) is 30.0 Å². The normalized spacial score (nSPS) is 16.9. The van der Waals surface area contributed by atoms with Gasteiger partial charge in [0.1, 0.15) is 0 Å². The molecule has 2 aromatic carbocycles. The molecule has 154 valence electrons. The summed E-state index contributed by atoms with van der Waals surface area (Å²) in [6, 6.07) is 10.1. The molecule has 1 aliphatic heterocycles. The summed E-state index contributed by atoms with van der Waals surface area (Å²) in [4.78, 5) is 3.79. The zero-order chi connectivity index (χ0) is 21.6. The zero-order valence-corrected chi connectivity index (χ0v) is 16.9. The Morgan fingerprint density at radius 2 is 1.31 bits per heavy atom. The minimum absolute atomic E-state index is 0.0912. The zero-order valence-electron chi connectivity index (χ0n) is 13.8. The largest absolute Gasteiger partial charge is 0.517 e. The Morgan fingerprint density at radius 3 is 1.76 bits per heavy atom. The van der Waals surface area contributed by atoms with Crippen LogP contribution in [0.5, 0.6) is 0 Å². The summed E-state index contributed by atoms with van der Waals surface area (Å²) >= 11 is 11.5. The van der Waals surface area contributed by atoms with Crippen molar-refractivity contribution < 1.29 is 30.0 Å². The predicted octanol–water partition coefficient (Wildman–Crippen LogP) is 3.60. The van der Waals surface area contributed by atoms with E-state index in [0.717, 1.165) is 12.1 Å². The molecule has 0 saturated heterocycles. The lowest BCUT2D eigenvalue weighted by Gasteiger charge is -2.26. The average Bonchev–Trinajstić information content (AvgIpc) is 2.60. The van der Waals surface area contributed by atoms with Gasteiger partial charge in [-0.3, -0.25) is 0 Å². The van der Waals surface area contributed by atoms with Crippen molar-refractivity contribution in [3.05, 3.63) is 69.7 Å². The number of alkyl halides is 3. The number of hydrogen-bond donors (Lipinski definition) is 0. The smallest absolute Gasteiger partial charge is 0.207 e. The van der Waals surface area contributed by atoms with Crippen molar-refractivity contribution in [1.29, 1.82) is 0 Å². The fourth-order valence-electron chi connectivity index (χ4n) is 2.23. The van der Waals surface area contributed by atoms with E-state index in [1.54, 1.807) is 0 Å². The molecule has 2 aromatic rings. The van der Waals surface area contributed by atoms with E-state index < -0.39 is 41.1 Å². The molecule has 14 heteroatoms. The number of hydrogen-bond acceptors (Lipinski definition) is 5. The molecule has 7 nitrogen and oxygen atoms in total. The monoisotopic (exact) mass is 485 g/mol. The minimum Gasteiger partial charge on any atom is -0.207 e. The second-order valence-corrected chi connectivity index (χ2v) is 9.82. The summed E-state index contributed by atoms with van der Waals surface area (Å²) in [7, 11) is -11.7. The first kappa shape index (κ1) is 21.6. The summed E-state index contributed by atoms with van der Waals surface area (Å²) in [5.74, 6) is -1.51. The van der Waals surface area contributed by atoms with E-state index in [2.05, 4.69) is 9.39 Å². The molecule has 0 spiro atoms. The first-order chi connectivity index (χ1) is 13.3. The van der Waals surface area contributed by atoms with Crippen LogP contribution >= 0.6 is 23.2 Å². The Hall–Kier alpha value is -2.15. The van der Waals surface area contributed by atoms with Crippen LogP contribution < -0.4 is 0 Å². The fraction of sp³-hybridized carbons (Fsp3) is 0.0667. The van der Waals surface area contributed by atoms with E-state index in [1.807, 2.05) is 0 Å². The van der Waals surface area contributed by atoms with E-state index in [4.69, 9.17) is 23.2 Å². The average molecular weight is 486 g/mol. The first-order valence-electron chi connectivity index (χ1n) is 7.40. The van der Waals surface area contributed by atoms with Crippen molar-refractivity contribution in [2.24, 2.45) is 9.39 Å². The molecule has 0 atom stereocenters. The summed E-state index contributed by atoms with van der Waals surface area (Å²) in [5.41, 5.74) is -6.07. The van der Waals surface area contributed by atoms with Crippen LogP contribution in [0.3, 0.4) is 0 Å². The van der Waals surface area contributed by atoms with Crippen molar-refractivity contribution >= 4 is 55.1 Å². The molecular weight excluding hydrogens is 478 g/mol. The molecule has 0 radical (unpaired) electrons. The number of rotatable bonds is 3. The Bertz CT molecular complexity index is 1230. The van der Waals surface area contributed by atoms with Gasteiger partial charge in [-0.15, -0.1) is 8.11 Å². The highest BCUT2D eigenvalue weighted by atomic mass is 35.5. The number of aliphatic imine (C=N–C) groups is 1. The van der Waals surface area contributed by atoms with Crippen LogP contribution in [-0.4, -0.2) is 37.7 Å². The summed E-state index contributed by atoms with van der Waals surface area (Å²) in [6.07, 6.45) is 0. The molecule has 0 saturated carbocycles. The van der Waals surface area contributed by atoms with Crippen LogP contribution in [0.1, 0.15) is 11.1 Å². The third-order valence-corrected chi connectivity index (χ3v) is 7.36. The third-order valence-electron chi connectivity index (χ3n) is 3.51. The highest BCUT2D eigenvalue weighted by molar-refractivity contribution is 8.04. The van der Waals surface area contributed by atoms with Gasteiger partial charge in [0, 0.05) is 21.2 Å². The topological polar surface area (TPSA) is 96.2 Å². The summed E-state index contributed by atoms with van der Waals surface area (Å²) in [5, 5.41) is 0.487. The van der Waals surface area contributed by atoms with Gasteiger partial charge in [-0.25, -0.2) is 4.99 Å². The van der Waals surface area contributed by atoms with Gasteiger partial charge in [0.05, 0.1) is 0 Å². The van der Waals surface area contributed by atoms with Crippen LogP contribution in [0.25, 0.3) is 0 Å².